The van der Waals surface area contributed by atoms with Crippen LogP contribution in [0.4, 0.5) is 11.5 Å². The summed E-state index contributed by atoms with van der Waals surface area (Å²) in [6, 6.07) is 9.55. The van der Waals surface area contributed by atoms with Crippen LogP contribution < -0.4 is 10.1 Å². The number of ether oxygens (including phenoxy) is 1. The van der Waals surface area contributed by atoms with Crippen molar-refractivity contribution in [2.45, 2.75) is 38.2 Å². The third kappa shape index (κ3) is 3.17. The predicted octanol–water partition coefficient (Wildman–Crippen LogP) is 5.07. The van der Waals surface area contributed by atoms with Gasteiger partial charge in [-0.1, -0.05) is 18.0 Å². The molecular weight excluding hydrogens is 324 g/mol. The van der Waals surface area contributed by atoms with Crippen LogP contribution in [0.1, 0.15) is 32.1 Å². The lowest BCUT2D eigenvalue weighted by atomic mass is 9.98. The molecule has 2 heterocycles. The van der Waals surface area contributed by atoms with Gasteiger partial charge in [0.15, 0.2) is 5.82 Å². The van der Waals surface area contributed by atoms with Crippen LogP contribution in [-0.4, -0.2) is 21.3 Å². The third-order valence-electron chi connectivity index (χ3n) is 4.36. The van der Waals surface area contributed by atoms with Gasteiger partial charge in [-0.05, 0) is 56.0 Å². The van der Waals surface area contributed by atoms with E-state index in [0.717, 1.165) is 35.3 Å². The highest BCUT2D eigenvalue weighted by Gasteiger charge is 2.16. The third-order valence-corrected chi connectivity index (χ3v) is 4.66. The van der Waals surface area contributed by atoms with Crippen LogP contribution in [0.5, 0.6) is 5.75 Å². The summed E-state index contributed by atoms with van der Waals surface area (Å²) in [5.41, 5.74) is 2.55. The van der Waals surface area contributed by atoms with Crippen molar-refractivity contribution in [1.29, 1.82) is 0 Å². The van der Waals surface area contributed by atoms with Gasteiger partial charge in [0.2, 0.25) is 0 Å². The molecular formula is C18H19ClN4O. The zero-order valence-corrected chi connectivity index (χ0v) is 14.0. The maximum absolute atomic E-state index is 6.40. The van der Waals surface area contributed by atoms with Gasteiger partial charge in [0.05, 0.1) is 16.6 Å². The number of rotatable bonds is 4. The summed E-state index contributed by atoms with van der Waals surface area (Å²) in [6.45, 7) is 0. The molecule has 1 saturated carbocycles. The molecule has 4 rings (SSSR count). The summed E-state index contributed by atoms with van der Waals surface area (Å²) in [5.74, 6) is 1.43. The molecule has 0 amide bonds. The second-order valence-electron chi connectivity index (χ2n) is 6.12. The van der Waals surface area contributed by atoms with Gasteiger partial charge in [0, 0.05) is 11.9 Å². The van der Waals surface area contributed by atoms with E-state index in [0.29, 0.717) is 10.8 Å². The smallest absolute Gasteiger partial charge is 0.178 e. The minimum absolute atomic E-state index is 0.287. The van der Waals surface area contributed by atoms with Gasteiger partial charge < -0.3 is 10.1 Å². The van der Waals surface area contributed by atoms with E-state index in [9.17, 15) is 0 Å². The van der Waals surface area contributed by atoms with Crippen LogP contribution in [-0.2, 0) is 0 Å². The Labute approximate surface area is 145 Å². The van der Waals surface area contributed by atoms with Gasteiger partial charge in [0.25, 0.3) is 0 Å². The van der Waals surface area contributed by atoms with E-state index in [1.165, 1.54) is 19.3 Å². The Morgan fingerprint density at radius 1 is 1.17 bits per heavy atom. The highest BCUT2D eigenvalue weighted by atomic mass is 35.5. The number of hydrogen-bond acceptors (Lipinski definition) is 4. The summed E-state index contributed by atoms with van der Waals surface area (Å²) in [4.78, 5) is 4.34. The molecule has 2 aromatic heterocycles. The summed E-state index contributed by atoms with van der Waals surface area (Å²) in [6.07, 6.45) is 8.04. The average molecular weight is 343 g/mol. The van der Waals surface area contributed by atoms with E-state index in [1.807, 2.05) is 30.3 Å². The van der Waals surface area contributed by atoms with Gasteiger partial charge in [-0.3, -0.25) is 10.1 Å². The van der Waals surface area contributed by atoms with Crippen molar-refractivity contribution in [3.8, 4) is 5.75 Å². The lowest BCUT2D eigenvalue weighted by Gasteiger charge is -2.23. The fourth-order valence-corrected chi connectivity index (χ4v) is 3.34. The number of pyridine rings is 1. The van der Waals surface area contributed by atoms with Gasteiger partial charge in [0.1, 0.15) is 11.3 Å². The Morgan fingerprint density at radius 2 is 2.04 bits per heavy atom. The fourth-order valence-electron chi connectivity index (χ4n) is 3.11. The van der Waals surface area contributed by atoms with E-state index < -0.39 is 0 Å². The van der Waals surface area contributed by atoms with Crippen LogP contribution in [0.25, 0.3) is 11.0 Å². The molecule has 1 aliphatic rings. The SMILES string of the molecule is Clc1cc(Nc2n[nH]c3cccnc23)ccc1OC1CCCCC1. The van der Waals surface area contributed by atoms with Crippen LogP contribution in [0.2, 0.25) is 5.02 Å². The minimum atomic E-state index is 0.287. The number of halogens is 1. The molecule has 0 unspecified atom stereocenters. The molecule has 0 atom stereocenters. The monoisotopic (exact) mass is 342 g/mol. The topological polar surface area (TPSA) is 62.8 Å². The van der Waals surface area contributed by atoms with Gasteiger partial charge in [-0.15, -0.1) is 0 Å². The van der Waals surface area contributed by atoms with Crippen molar-refractivity contribution in [2.75, 3.05) is 5.32 Å². The molecule has 2 N–H and O–H groups in total. The molecule has 5 nitrogen and oxygen atoms in total. The Kier molecular flexibility index (Phi) is 4.26. The molecule has 0 bridgehead atoms. The predicted molar refractivity (Wildman–Crippen MR) is 96.1 cm³/mol. The molecule has 1 aliphatic carbocycles. The van der Waals surface area contributed by atoms with E-state index >= 15 is 0 Å². The Bertz CT molecular complexity index is 842. The number of benzene rings is 1. The van der Waals surface area contributed by atoms with Crippen molar-refractivity contribution in [2.24, 2.45) is 0 Å². The van der Waals surface area contributed by atoms with Crippen molar-refractivity contribution in [3.63, 3.8) is 0 Å². The highest BCUT2D eigenvalue weighted by molar-refractivity contribution is 6.32. The average Bonchev–Trinajstić information content (AvgIpc) is 3.01. The number of H-pyrrole nitrogens is 1. The molecule has 3 aromatic rings. The maximum atomic E-state index is 6.40. The molecule has 1 fully saturated rings. The van der Waals surface area contributed by atoms with Crippen LogP contribution in [0.15, 0.2) is 36.5 Å². The summed E-state index contributed by atoms with van der Waals surface area (Å²) in [7, 11) is 0. The first-order valence-corrected chi connectivity index (χ1v) is 8.70. The quantitative estimate of drug-likeness (QED) is 0.695. The van der Waals surface area contributed by atoms with E-state index in [4.69, 9.17) is 16.3 Å². The number of nitrogens with one attached hydrogen (secondary N) is 2. The van der Waals surface area contributed by atoms with Crippen LogP contribution in [0, 0.1) is 0 Å². The van der Waals surface area contributed by atoms with Gasteiger partial charge >= 0.3 is 0 Å². The van der Waals surface area contributed by atoms with Gasteiger partial charge in [-0.25, -0.2) is 0 Å². The number of aromatic amines is 1. The minimum Gasteiger partial charge on any atom is -0.489 e. The van der Waals surface area contributed by atoms with E-state index in [2.05, 4.69) is 20.5 Å². The van der Waals surface area contributed by atoms with Crippen LogP contribution in [0.3, 0.4) is 0 Å². The fraction of sp³-hybridized carbons (Fsp3) is 0.333. The summed E-state index contributed by atoms with van der Waals surface area (Å²) < 4.78 is 6.05. The van der Waals surface area contributed by atoms with Crippen LogP contribution >= 0.6 is 11.6 Å². The number of anilines is 2. The number of hydrogen-bond donors (Lipinski definition) is 2. The molecule has 0 radical (unpaired) electrons. The van der Waals surface area contributed by atoms with Gasteiger partial charge in [-0.2, -0.15) is 5.10 Å². The van der Waals surface area contributed by atoms with E-state index in [1.54, 1.807) is 6.20 Å². The molecule has 1 aromatic carbocycles. The maximum Gasteiger partial charge on any atom is 0.178 e. The standard InChI is InChI=1S/C18H19ClN4O/c19-14-11-12(8-9-16(14)24-13-5-2-1-3-6-13)21-18-17-15(22-23-18)7-4-10-20-17/h4,7-11,13H,1-3,5-6H2,(H2,21,22,23). The number of nitrogens with zero attached hydrogens (tertiary/aromatic N) is 2. The normalized spacial score (nSPS) is 15.5. The zero-order valence-electron chi connectivity index (χ0n) is 13.3. The van der Waals surface area contributed by atoms with E-state index in [-0.39, 0.29) is 6.10 Å². The molecule has 0 spiro atoms. The lowest BCUT2D eigenvalue weighted by molar-refractivity contribution is 0.155. The molecule has 0 aliphatic heterocycles. The number of fused-ring (bicyclic) bond motifs is 1. The summed E-state index contributed by atoms with van der Waals surface area (Å²) >= 11 is 6.40. The van der Waals surface area contributed by atoms with Crippen molar-refractivity contribution < 1.29 is 4.74 Å². The Hall–Kier alpha value is -2.27. The second-order valence-corrected chi connectivity index (χ2v) is 6.53. The molecule has 6 heteroatoms. The van der Waals surface area contributed by atoms with Crippen molar-refractivity contribution in [3.05, 3.63) is 41.6 Å². The first kappa shape index (κ1) is 15.3. The molecule has 124 valence electrons. The Balaban J connectivity index is 1.51. The first-order chi connectivity index (χ1) is 11.8. The van der Waals surface area contributed by atoms with Crippen molar-refractivity contribution in [1.82, 2.24) is 15.2 Å². The number of aromatic nitrogens is 3. The summed E-state index contributed by atoms with van der Waals surface area (Å²) in [5, 5.41) is 11.1. The molecule has 0 saturated heterocycles. The largest absolute Gasteiger partial charge is 0.489 e. The Morgan fingerprint density at radius 3 is 2.88 bits per heavy atom. The lowest BCUT2D eigenvalue weighted by Crippen LogP contribution is -2.19. The first-order valence-electron chi connectivity index (χ1n) is 8.32. The highest BCUT2D eigenvalue weighted by Crippen LogP contribution is 2.32. The second kappa shape index (κ2) is 6.69. The molecule has 24 heavy (non-hydrogen) atoms. The van der Waals surface area contributed by atoms with Crippen molar-refractivity contribution >= 4 is 34.1 Å². The zero-order chi connectivity index (χ0) is 16.4.